The van der Waals surface area contributed by atoms with Crippen LogP contribution in [-0.4, -0.2) is 54.3 Å². The number of amides is 1. The van der Waals surface area contributed by atoms with Crippen molar-refractivity contribution in [1.82, 2.24) is 15.6 Å². The summed E-state index contributed by atoms with van der Waals surface area (Å²) in [4.78, 5) is 19.0. The maximum absolute atomic E-state index is 14.9. The fraction of sp³-hybridized carbons (Fsp3) is 0.455. The minimum atomic E-state index is -0.356. The molecule has 1 aromatic carbocycles. The van der Waals surface area contributed by atoms with Crippen molar-refractivity contribution in [2.75, 3.05) is 36.8 Å². The number of aliphatic hydroxyl groups excluding tert-OH is 1. The Labute approximate surface area is 175 Å². The van der Waals surface area contributed by atoms with E-state index in [4.69, 9.17) is 5.73 Å². The highest BCUT2D eigenvalue weighted by atomic mass is 19.1. The van der Waals surface area contributed by atoms with Gasteiger partial charge in [0.25, 0.3) is 5.91 Å². The molecule has 1 aromatic heterocycles. The molecule has 7 nitrogen and oxygen atoms in total. The van der Waals surface area contributed by atoms with Crippen LogP contribution in [0.25, 0.3) is 11.1 Å². The first-order valence-electron chi connectivity index (χ1n) is 10.5. The average Bonchev–Trinajstić information content (AvgIpc) is 2.76. The number of pyridine rings is 1. The zero-order chi connectivity index (χ0) is 21.1. The van der Waals surface area contributed by atoms with Gasteiger partial charge in [0, 0.05) is 55.2 Å². The second-order valence-corrected chi connectivity index (χ2v) is 8.04. The lowest BCUT2D eigenvalue weighted by molar-refractivity contribution is 0.0868. The summed E-state index contributed by atoms with van der Waals surface area (Å²) in [6.45, 7) is 3.43. The molecule has 2 heterocycles. The Hall–Kier alpha value is -2.71. The minimum absolute atomic E-state index is 0.000918. The SMILES string of the molecule is Nc1ncc(-c2ccc(N3CCNCC3)cc2F)cc1C(=O)N[C@H]1CC[C@H](O)CC1. The van der Waals surface area contributed by atoms with Crippen LogP contribution < -0.4 is 21.3 Å². The lowest BCUT2D eigenvalue weighted by atomic mass is 9.93. The molecule has 1 saturated carbocycles. The molecule has 4 rings (SSSR count). The molecular weight excluding hydrogens is 385 g/mol. The van der Waals surface area contributed by atoms with E-state index in [1.54, 1.807) is 12.1 Å². The highest BCUT2D eigenvalue weighted by molar-refractivity contribution is 5.99. The number of nitrogen functional groups attached to an aromatic ring is 1. The zero-order valence-corrected chi connectivity index (χ0v) is 16.9. The van der Waals surface area contributed by atoms with E-state index < -0.39 is 0 Å². The second-order valence-electron chi connectivity index (χ2n) is 8.04. The van der Waals surface area contributed by atoms with Gasteiger partial charge >= 0.3 is 0 Å². The van der Waals surface area contributed by atoms with Crippen LogP contribution in [-0.2, 0) is 0 Å². The Morgan fingerprint density at radius 2 is 1.93 bits per heavy atom. The Bertz CT molecular complexity index is 908. The van der Waals surface area contributed by atoms with Gasteiger partial charge in [-0.25, -0.2) is 9.37 Å². The van der Waals surface area contributed by atoms with Crippen molar-refractivity contribution in [3.63, 3.8) is 0 Å². The van der Waals surface area contributed by atoms with Crippen molar-refractivity contribution in [3.8, 4) is 11.1 Å². The molecule has 1 aliphatic heterocycles. The lowest BCUT2D eigenvalue weighted by Gasteiger charge is -2.29. The Balaban J connectivity index is 1.53. The summed E-state index contributed by atoms with van der Waals surface area (Å²) in [5, 5.41) is 15.9. The van der Waals surface area contributed by atoms with Gasteiger partial charge in [-0.15, -0.1) is 0 Å². The first-order valence-corrected chi connectivity index (χ1v) is 10.5. The summed E-state index contributed by atoms with van der Waals surface area (Å²) in [5.74, 6) is -0.559. The third-order valence-electron chi connectivity index (χ3n) is 5.94. The Kier molecular flexibility index (Phi) is 6.15. The topological polar surface area (TPSA) is 104 Å². The fourth-order valence-corrected chi connectivity index (χ4v) is 4.15. The van der Waals surface area contributed by atoms with Crippen LogP contribution in [0, 0.1) is 5.82 Å². The maximum atomic E-state index is 14.9. The first-order chi connectivity index (χ1) is 14.5. The minimum Gasteiger partial charge on any atom is -0.393 e. The van der Waals surface area contributed by atoms with Gasteiger partial charge in [0.1, 0.15) is 11.6 Å². The molecule has 2 fully saturated rings. The zero-order valence-electron chi connectivity index (χ0n) is 16.9. The quantitative estimate of drug-likeness (QED) is 0.611. The number of aliphatic hydroxyl groups is 1. The highest BCUT2D eigenvalue weighted by Gasteiger charge is 2.23. The van der Waals surface area contributed by atoms with Crippen LogP contribution in [0.5, 0.6) is 0 Å². The number of rotatable bonds is 4. The van der Waals surface area contributed by atoms with E-state index in [2.05, 4.69) is 20.5 Å². The van der Waals surface area contributed by atoms with E-state index in [9.17, 15) is 14.3 Å². The van der Waals surface area contributed by atoms with Crippen molar-refractivity contribution in [2.24, 2.45) is 0 Å². The monoisotopic (exact) mass is 413 g/mol. The molecule has 8 heteroatoms. The molecule has 0 unspecified atom stereocenters. The van der Waals surface area contributed by atoms with Crippen LogP contribution in [0.1, 0.15) is 36.0 Å². The molecule has 2 aromatic rings. The van der Waals surface area contributed by atoms with E-state index in [0.717, 1.165) is 44.7 Å². The van der Waals surface area contributed by atoms with Gasteiger partial charge in [0.05, 0.1) is 11.7 Å². The number of hydrogen-bond donors (Lipinski definition) is 4. The normalized spacial score (nSPS) is 22.0. The number of nitrogens with zero attached hydrogens (tertiary/aromatic N) is 2. The number of nitrogens with two attached hydrogens (primary N) is 1. The molecule has 0 spiro atoms. The van der Waals surface area contributed by atoms with Gasteiger partial charge in [-0.3, -0.25) is 4.79 Å². The van der Waals surface area contributed by atoms with E-state index in [-0.39, 0.29) is 35.3 Å². The van der Waals surface area contributed by atoms with Crippen LogP contribution in [0.4, 0.5) is 15.9 Å². The highest BCUT2D eigenvalue weighted by Crippen LogP contribution is 2.29. The van der Waals surface area contributed by atoms with E-state index in [1.165, 1.54) is 12.3 Å². The maximum Gasteiger partial charge on any atom is 0.255 e. The number of aromatic nitrogens is 1. The molecule has 0 atom stereocenters. The number of hydrogen-bond acceptors (Lipinski definition) is 6. The molecule has 0 bridgehead atoms. The van der Waals surface area contributed by atoms with Crippen LogP contribution in [0.3, 0.4) is 0 Å². The summed E-state index contributed by atoms with van der Waals surface area (Å²) in [6, 6.07) is 6.75. The number of anilines is 2. The molecular formula is C22H28FN5O2. The summed E-state index contributed by atoms with van der Waals surface area (Å²) in [5.41, 5.74) is 7.92. The number of piperazine rings is 1. The predicted octanol–water partition coefficient (Wildman–Crippen LogP) is 1.91. The molecule has 2 aliphatic rings. The predicted molar refractivity (Wildman–Crippen MR) is 115 cm³/mol. The molecule has 160 valence electrons. The van der Waals surface area contributed by atoms with Crippen molar-refractivity contribution in [3.05, 3.63) is 41.8 Å². The smallest absolute Gasteiger partial charge is 0.255 e. The molecule has 5 N–H and O–H groups in total. The number of carbonyl (C=O) groups is 1. The Morgan fingerprint density at radius 3 is 2.63 bits per heavy atom. The summed E-state index contributed by atoms with van der Waals surface area (Å²) < 4.78 is 14.9. The number of nitrogens with one attached hydrogen (secondary N) is 2. The fourth-order valence-electron chi connectivity index (χ4n) is 4.15. The van der Waals surface area contributed by atoms with E-state index >= 15 is 0 Å². The van der Waals surface area contributed by atoms with Crippen molar-refractivity contribution >= 4 is 17.4 Å². The number of carbonyl (C=O) groups excluding carboxylic acids is 1. The van der Waals surface area contributed by atoms with Crippen molar-refractivity contribution in [2.45, 2.75) is 37.8 Å². The third kappa shape index (κ3) is 4.55. The van der Waals surface area contributed by atoms with Crippen LogP contribution >= 0.6 is 0 Å². The molecule has 1 aliphatic carbocycles. The number of halogens is 1. The largest absolute Gasteiger partial charge is 0.393 e. The standard InChI is InChI=1S/C22H28FN5O2/c23-20-12-16(28-9-7-25-8-10-28)3-6-18(20)14-11-19(21(24)26-13-14)22(30)27-15-1-4-17(29)5-2-15/h3,6,11-13,15,17,25,29H,1-2,4-5,7-10H2,(H2,24,26)(H,27,30)/t15-,17-. The molecule has 30 heavy (non-hydrogen) atoms. The van der Waals surface area contributed by atoms with Crippen LogP contribution in [0.2, 0.25) is 0 Å². The summed E-state index contributed by atoms with van der Waals surface area (Å²) in [6.07, 6.45) is 3.99. The van der Waals surface area contributed by atoms with Gasteiger partial charge < -0.3 is 26.4 Å². The molecule has 1 saturated heterocycles. The van der Waals surface area contributed by atoms with E-state index in [1.807, 2.05) is 6.07 Å². The number of benzene rings is 1. The Morgan fingerprint density at radius 1 is 1.20 bits per heavy atom. The van der Waals surface area contributed by atoms with E-state index in [0.29, 0.717) is 24.0 Å². The summed E-state index contributed by atoms with van der Waals surface area (Å²) in [7, 11) is 0. The third-order valence-corrected chi connectivity index (χ3v) is 5.94. The van der Waals surface area contributed by atoms with Gasteiger partial charge in [-0.1, -0.05) is 0 Å². The van der Waals surface area contributed by atoms with Crippen molar-refractivity contribution in [1.29, 1.82) is 0 Å². The molecule has 0 radical (unpaired) electrons. The van der Waals surface area contributed by atoms with Gasteiger partial charge in [0.2, 0.25) is 0 Å². The van der Waals surface area contributed by atoms with Crippen LogP contribution in [0.15, 0.2) is 30.5 Å². The summed E-state index contributed by atoms with van der Waals surface area (Å²) >= 11 is 0. The second kappa shape index (κ2) is 8.97. The van der Waals surface area contributed by atoms with Gasteiger partial charge in [-0.2, -0.15) is 0 Å². The van der Waals surface area contributed by atoms with Gasteiger partial charge in [0.15, 0.2) is 0 Å². The first kappa shape index (κ1) is 20.6. The lowest BCUT2D eigenvalue weighted by Crippen LogP contribution is -2.43. The van der Waals surface area contributed by atoms with Crippen molar-refractivity contribution < 1.29 is 14.3 Å². The molecule has 1 amide bonds. The van der Waals surface area contributed by atoms with Gasteiger partial charge in [-0.05, 0) is 49.9 Å². The average molecular weight is 413 g/mol.